The molecule has 1 saturated carbocycles. The average Bonchev–Trinajstić information content (AvgIpc) is 3.24. The van der Waals surface area contributed by atoms with Gasteiger partial charge in [0.2, 0.25) is 0 Å². The van der Waals surface area contributed by atoms with E-state index in [9.17, 15) is 0 Å². The molecule has 2 fully saturated rings. The number of benzene rings is 1. The Hall–Kier alpha value is 0.01000. The van der Waals surface area contributed by atoms with Crippen LogP contribution in [0.5, 0.6) is 0 Å². The molecule has 1 aliphatic carbocycles. The summed E-state index contributed by atoms with van der Waals surface area (Å²) < 4.78 is 0. The maximum atomic E-state index is 6.32. The van der Waals surface area contributed by atoms with Crippen LogP contribution in [0.3, 0.4) is 0 Å². The Morgan fingerprint density at radius 1 is 1.24 bits per heavy atom. The fourth-order valence-corrected chi connectivity index (χ4v) is 3.16. The van der Waals surface area contributed by atoms with E-state index in [1.54, 1.807) is 0 Å². The van der Waals surface area contributed by atoms with Crippen molar-refractivity contribution >= 4 is 36.4 Å². The van der Waals surface area contributed by atoms with Crippen molar-refractivity contribution in [2.75, 3.05) is 26.2 Å². The number of hydrogen-bond donors (Lipinski definition) is 1. The molecule has 0 amide bonds. The van der Waals surface area contributed by atoms with E-state index in [2.05, 4.69) is 35.3 Å². The highest BCUT2D eigenvalue weighted by atomic mass is 35.5. The molecule has 0 unspecified atom stereocenters. The number of halogens is 3. The van der Waals surface area contributed by atoms with Gasteiger partial charge in [-0.05, 0) is 36.5 Å². The van der Waals surface area contributed by atoms with Gasteiger partial charge < -0.3 is 5.32 Å². The minimum atomic E-state index is 0. The zero-order valence-corrected chi connectivity index (χ0v) is 14.9. The van der Waals surface area contributed by atoms with Crippen LogP contribution in [-0.4, -0.2) is 31.1 Å². The number of rotatable bonds is 4. The summed E-state index contributed by atoms with van der Waals surface area (Å²) in [5.74, 6) is 0.944. The number of aryl methyl sites for hydroxylation is 1. The van der Waals surface area contributed by atoms with E-state index in [1.807, 2.05) is 0 Å². The fourth-order valence-electron chi connectivity index (χ4n) is 2.98. The van der Waals surface area contributed by atoms with Crippen molar-refractivity contribution in [1.82, 2.24) is 10.2 Å². The highest BCUT2D eigenvalue weighted by Gasteiger charge is 2.30. The first-order chi connectivity index (χ1) is 9.24. The van der Waals surface area contributed by atoms with Gasteiger partial charge in [-0.15, -0.1) is 24.8 Å². The van der Waals surface area contributed by atoms with Crippen LogP contribution in [-0.2, 0) is 0 Å². The lowest BCUT2D eigenvalue weighted by molar-refractivity contribution is 0.160. The van der Waals surface area contributed by atoms with Crippen LogP contribution in [0, 0.1) is 12.8 Å². The second-order valence-electron chi connectivity index (χ2n) is 5.99. The monoisotopic (exact) mass is 350 g/mol. The first kappa shape index (κ1) is 19.1. The van der Waals surface area contributed by atoms with Crippen LogP contribution < -0.4 is 5.32 Å². The Labute approximate surface area is 145 Å². The molecule has 21 heavy (non-hydrogen) atoms. The fraction of sp³-hybridized carbons (Fsp3) is 0.625. The molecule has 1 aromatic rings. The summed E-state index contributed by atoms with van der Waals surface area (Å²) in [5, 5.41) is 4.35. The van der Waals surface area contributed by atoms with Crippen molar-refractivity contribution in [3.05, 3.63) is 34.3 Å². The largest absolute Gasteiger partial charge is 0.314 e. The van der Waals surface area contributed by atoms with Gasteiger partial charge in [0.15, 0.2) is 0 Å². The van der Waals surface area contributed by atoms with Gasteiger partial charge in [0, 0.05) is 37.2 Å². The molecule has 3 rings (SSSR count). The number of piperazine rings is 1. The highest BCUT2D eigenvalue weighted by molar-refractivity contribution is 6.31. The van der Waals surface area contributed by atoms with E-state index in [0.29, 0.717) is 6.04 Å². The molecule has 1 atom stereocenters. The first-order valence-electron chi connectivity index (χ1n) is 7.45. The molecular weight excluding hydrogens is 327 g/mol. The van der Waals surface area contributed by atoms with Gasteiger partial charge in [0.05, 0.1) is 0 Å². The predicted molar refractivity (Wildman–Crippen MR) is 95.2 cm³/mol. The summed E-state index contributed by atoms with van der Waals surface area (Å²) in [4.78, 5) is 2.63. The zero-order chi connectivity index (χ0) is 13.2. The lowest BCUT2D eigenvalue weighted by Crippen LogP contribution is -2.45. The summed E-state index contributed by atoms with van der Waals surface area (Å²) >= 11 is 6.32. The van der Waals surface area contributed by atoms with Gasteiger partial charge in [-0.25, -0.2) is 0 Å². The first-order valence-corrected chi connectivity index (χ1v) is 7.82. The summed E-state index contributed by atoms with van der Waals surface area (Å²) in [7, 11) is 0. The Morgan fingerprint density at radius 3 is 2.48 bits per heavy atom. The molecule has 5 heteroatoms. The van der Waals surface area contributed by atoms with E-state index < -0.39 is 0 Å². The third-order valence-corrected chi connectivity index (χ3v) is 4.83. The number of hydrogen-bond acceptors (Lipinski definition) is 2. The molecular formula is C16H25Cl3N2. The van der Waals surface area contributed by atoms with Crippen molar-refractivity contribution < 1.29 is 0 Å². The van der Waals surface area contributed by atoms with E-state index in [0.717, 1.165) is 37.1 Å². The second-order valence-corrected chi connectivity index (χ2v) is 6.40. The van der Waals surface area contributed by atoms with E-state index in [1.165, 1.54) is 30.4 Å². The third kappa shape index (κ3) is 5.01. The van der Waals surface area contributed by atoms with E-state index in [-0.39, 0.29) is 24.8 Å². The quantitative estimate of drug-likeness (QED) is 0.873. The van der Waals surface area contributed by atoms with Crippen molar-refractivity contribution in [3.63, 3.8) is 0 Å². The molecule has 2 nitrogen and oxygen atoms in total. The van der Waals surface area contributed by atoms with Gasteiger partial charge in [0.1, 0.15) is 0 Å². The predicted octanol–water partition coefficient (Wildman–Crippen LogP) is 4.24. The maximum Gasteiger partial charge on any atom is 0.0438 e. The number of nitrogens with zero attached hydrogens (tertiary/aromatic N) is 1. The molecule has 120 valence electrons. The Bertz CT molecular complexity index is 443. The lowest BCUT2D eigenvalue weighted by atomic mass is 9.97. The van der Waals surface area contributed by atoms with Gasteiger partial charge in [-0.2, -0.15) is 0 Å². The maximum absolute atomic E-state index is 6.32. The van der Waals surface area contributed by atoms with Crippen LogP contribution in [0.2, 0.25) is 5.02 Å². The Morgan fingerprint density at radius 2 is 1.90 bits per heavy atom. The third-order valence-electron chi connectivity index (χ3n) is 4.43. The summed E-state index contributed by atoms with van der Waals surface area (Å²) in [6.07, 6.45) is 4.14. The van der Waals surface area contributed by atoms with Gasteiger partial charge in [-0.1, -0.05) is 36.6 Å². The molecule has 0 spiro atoms. The lowest BCUT2D eigenvalue weighted by Gasteiger charge is -2.35. The van der Waals surface area contributed by atoms with Crippen LogP contribution in [0.1, 0.15) is 36.4 Å². The molecule has 0 radical (unpaired) electrons. The molecule has 2 aliphatic rings. The molecule has 1 aromatic carbocycles. The molecule has 1 N–H and O–H groups in total. The van der Waals surface area contributed by atoms with Crippen LogP contribution in [0.25, 0.3) is 0 Å². The number of nitrogens with one attached hydrogen (secondary N) is 1. The Kier molecular flexibility index (Phi) is 7.80. The molecule has 1 heterocycles. The van der Waals surface area contributed by atoms with Gasteiger partial charge in [0.25, 0.3) is 0 Å². The minimum absolute atomic E-state index is 0. The summed E-state index contributed by atoms with van der Waals surface area (Å²) in [6.45, 7) is 6.61. The zero-order valence-electron chi connectivity index (χ0n) is 12.5. The highest BCUT2D eigenvalue weighted by Crippen LogP contribution is 2.40. The second kappa shape index (κ2) is 8.59. The van der Waals surface area contributed by atoms with Crippen molar-refractivity contribution in [3.8, 4) is 0 Å². The summed E-state index contributed by atoms with van der Waals surface area (Å²) in [6, 6.07) is 7.19. The molecule has 0 aromatic heterocycles. The van der Waals surface area contributed by atoms with Crippen LogP contribution >= 0.6 is 36.4 Å². The van der Waals surface area contributed by atoms with Crippen LogP contribution in [0.15, 0.2) is 18.2 Å². The molecule has 1 aliphatic heterocycles. The van der Waals surface area contributed by atoms with E-state index in [4.69, 9.17) is 11.6 Å². The molecule has 1 saturated heterocycles. The Balaban J connectivity index is 0.00000110. The smallest absolute Gasteiger partial charge is 0.0438 e. The minimum Gasteiger partial charge on any atom is -0.314 e. The standard InChI is InChI=1S/C16H23ClN2.2ClH/c1-12-2-5-14(11-15(12)17)16(10-13-3-4-13)19-8-6-18-7-9-19;;/h2,5,11,13,16,18H,3-4,6-10H2,1H3;2*1H/t16-;;/m1../s1. The SMILES string of the molecule is Cc1ccc([C@@H](CC2CC2)N2CCNCC2)cc1Cl.Cl.Cl. The topological polar surface area (TPSA) is 15.3 Å². The van der Waals surface area contributed by atoms with Crippen molar-refractivity contribution in [1.29, 1.82) is 0 Å². The van der Waals surface area contributed by atoms with E-state index >= 15 is 0 Å². The van der Waals surface area contributed by atoms with Crippen LogP contribution in [0.4, 0.5) is 0 Å². The normalized spacial score (nSPS) is 20.3. The van der Waals surface area contributed by atoms with Gasteiger partial charge >= 0.3 is 0 Å². The van der Waals surface area contributed by atoms with Crippen molar-refractivity contribution in [2.45, 2.75) is 32.2 Å². The molecule has 0 bridgehead atoms. The summed E-state index contributed by atoms with van der Waals surface area (Å²) in [5.41, 5.74) is 2.58. The van der Waals surface area contributed by atoms with Gasteiger partial charge in [-0.3, -0.25) is 4.90 Å². The average molecular weight is 352 g/mol. The van der Waals surface area contributed by atoms with Crippen molar-refractivity contribution in [2.24, 2.45) is 5.92 Å².